The maximum atomic E-state index is 13.4. The van der Waals surface area contributed by atoms with Gasteiger partial charge in [0.15, 0.2) is 15.7 Å². The van der Waals surface area contributed by atoms with Gasteiger partial charge in [-0.05, 0) is 42.8 Å². The highest BCUT2D eigenvalue weighted by Gasteiger charge is 2.54. The van der Waals surface area contributed by atoms with Crippen LogP contribution in [-0.2, 0) is 31.1 Å². The summed E-state index contributed by atoms with van der Waals surface area (Å²) in [6, 6.07) is 0.904. The summed E-state index contributed by atoms with van der Waals surface area (Å²) in [6.07, 6.45) is 1.71. The smallest absolute Gasteiger partial charge is 0.352 e. The molecule has 0 spiro atoms. The van der Waals surface area contributed by atoms with Crippen LogP contribution in [0.4, 0.5) is 10.9 Å². The van der Waals surface area contributed by atoms with E-state index in [1.165, 1.54) is 35.9 Å². The van der Waals surface area contributed by atoms with Crippen LogP contribution in [0.5, 0.6) is 0 Å². The van der Waals surface area contributed by atoms with E-state index in [0.717, 1.165) is 21.6 Å². The van der Waals surface area contributed by atoms with E-state index in [4.69, 9.17) is 10.6 Å². The topological polar surface area (TPSA) is 205 Å². The number of nitrogen functional groups attached to an aromatic ring is 1. The van der Waals surface area contributed by atoms with Gasteiger partial charge in [0.05, 0.1) is 7.05 Å². The second-order valence-electron chi connectivity index (χ2n) is 10.4. The minimum Gasteiger partial charge on any atom is -0.478 e. The fourth-order valence-corrected chi connectivity index (χ4v) is 7.36. The zero-order chi connectivity index (χ0) is 31.9. The first-order chi connectivity index (χ1) is 20.8. The molecule has 2 aliphatic heterocycles. The Kier molecular flexibility index (Phi) is 8.50. The molecule has 3 aromatic rings. The quantitative estimate of drug-likeness (QED) is 0.0984. The van der Waals surface area contributed by atoms with Crippen molar-refractivity contribution >= 4 is 85.1 Å². The molecule has 0 unspecified atom stereocenters. The number of carbonyl (C=O) groups is 4. The number of nitrogens with two attached hydrogens (primary N) is 1. The van der Waals surface area contributed by atoms with Crippen LogP contribution in [0.3, 0.4) is 0 Å². The molecular formula is C26H29N8O7S3+. The molecule has 2 atom stereocenters. The number of nitrogens with zero attached hydrogens (tertiary/aromatic N) is 6. The van der Waals surface area contributed by atoms with Gasteiger partial charge in [-0.3, -0.25) is 14.5 Å². The Morgan fingerprint density at radius 1 is 1.32 bits per heavy atom. The van der Waals surface area contributed by atoms with Crippen molar-refractivity contribution in [3.05, 3.63) is 40.1 Å². The zero-order valence-corrected chi connectivity index (χ0v) is 26.5. The lowest BCUT2D eigenvalue weighted by Crippen LogP contribution is -2.71. The third-order valence-corrected chi connectivity index (χ3v) is 10.0. The molecular weight excluding hydrogens is 633 g/mol. The number of thioether (sulfide) groups is 1. The number of carboxylic acid groups (broad SMARTS) is 2. The molecule has 232 valence electrons. The number of aromatic nitrogens is 3. The average molecular weight is 662 g/mol. The number of aryl methyl sites for hydroxylation is 1. The number of rotatable bonds is 11. The second kappa shape index (κ2) is 12.0. The summed E-state index contributed by atoms with van der Waals surface area (Å²) in [5, 5.41) is 29.7. The first-order valence-corrected chi connectivity index (χ1v) is 16.0. The number of nitrogens with one attached hydrogen (secondary N) is 1. The number of hydrogen-bond donors (Lipinski definition) is 4. The number of hydrogen-bond acceptors (Lipinski definition) is 13. The fraction of sp³-hybridized carbons (Fsp3) is 0.385. The molecule has 18 heteroatoms. The standard InChI is InChI=1S/C26H28N8O7S3/c1-5-33(18-13-6-7-42-21(13)32(4)11-28-18)8-12-9-43-22-16(20(36)34(22)17(12)23(37)38)30-19(35)15(14-10-44-25(27)29-14)31-41-26(2,3)24(39)40/h6-7,10-11,16,22H,5,8-9H2,1-4H3,(H4-,27,29,30,35,37,38,39,40)/p+1/b31-15+/t16-,22-/m1/s1. The van der Waals surface area contributed by atoms with Crippen LogP contribution in [0, 0.1) is 0 Å². The minimum absolute atomic E-state index is 0.0297. The monoisotopic (exact) mass is 661 g/mol. The maximum absolute atomic E-state index is 13.4. The minimum atomic E-state index is -1.76. The lowest BCUT2D eigenvalue weighted by molar-refractivity contribution is -0.645. The molecule has 2 amide bonds. The molecule has 0 aliphatic carbocycles. The van der Waals surface area contributed by atoms with Crippen LogP contribution < -0.4 is 20.5 Å². The van der Waals surface area contributed by atoms with Crippen molar-refractivity contribution in [1.29, 1.82) is 0 Å². The second-order valence-corrected chi connectivity index (χ2v) is 13.3. The summed E-state index contributed by atoms with van der Waals surface area (Å²) in [5.74, 6) is -3.02. The Morgan fingerprint density at radius 2 is 2.07 bits per heavy atom. The Bertz CT molecular complexity index is 1730. The van der Waals surface area contributed by atoms with Gasteiger partial charge in [0, 0.05) is 24.2 Å². The van der Waals surface area contributed by atoms with E-state index in [0.29, 0.717) is 23.7 Å². The van der Waals surface area contributed by atoms with Gasteiger partial charge in [-0.25, -0.2) is 19.1 Å². The molecule has 44 heavy (non-hydrogen) atoms. The number of thiophene rings is 1. The van der Waals surface area contributed by atoms with Crippen molar-refractivity contribution in [2.24, 2.45) is 12.2 Å². The molecule has 5 rings (SSSR count). The van der Waals surface area contributed by atoms with Gasteiger partial charge in [-0.2, -0.15) is 0 Å². The Balaban J connectivity index is 1.38. The van der Waals surface area contributed by atoms with Gasteiger partial charge in [0.25, 0.3) is 24.0 Å². The highest BCUT2D eigenvalue weighted by atomic mass is 32.2. The Labute approximate surface area is 263 Å². The van der Waals surface area contributed by atoms with Crippen LogP contribution >= 0.6 is 34.4 Å². The number of aliphatic carboxylic acids is 2. The highest BCUT2D eigenvalue weighted by molar-refractivity contribution is 8.00. The van der Waals surface area contributed by atoms with E-state index in [2.05, 4.69) is 20.4 Å². The normalized spacial score (nSPS) is 18.6. The predicted octanol–water partition coefficient (Wildman–Crippen LogP) is 1.01. The maximum Gasteiger partial charge on any atom is 0.352 e. The van der Waals surface area contributed by atoms with Crippen molar-refractivity contribution < 1.29 is 38.8 Å². The summed E-state index contributed by atoms with van der Waals surface area (Å²) in [5.41, 5.74) is 4.02. The number of fused-ring (bicyclic) bond motifs is 2. The van der Waals surface area contributed by atoms with Crippen LogP contribution in [0.1, 0.15) is 26.5 Å². The highest BCUT2D eigenvalue weighted by Crippen LogP contribution is 2.41. The lowest BCUT2D eigenvalue weighted by Gasteiger charge is -2.49. The first kappa shape index (κ1) is 31.1. The molecule has 2 aliphatic rings. The van der Waals surface area contributed by atoms with Crippen LogP contribution in [-0.4, -0.2) is 90.4 Å². The van der Waals surface area contributed by atoms with Gasteiger partial charge in [0.1, 0.15) is 28.2 Å². The molecule has 3 aromatic heterocycles. The van der Waals surface area contributed by atoms with Crippen LogP contribution in [0.2, 0.25) is 0 Å². The number of carboxylic acids is 2. The first-order valence-electron chi connectivity index (χ1n) is 13.2. The molecule has 0 saturated carbocycles. The molecule has 0 bridgehead atoms. The molecule has 15 nitrogen and oxygen atoms in total. The van der Waals surface area contributed by atoms with Crippen LogP contribution in [0.25, 0.3) is 10.2 Å². The number of β-lactam (4-membered cyclic amide) rings is 1. The summed E-state index contributed by atoms with van der Waals surface area (Å²) >= 11 is 3.93. The van der Waals surface area contributed by atoms with E-state index in [-0.39, 0.29) is 28.8 Å². The number of anilines is 2. The molecule has 1 fully saturated rings. The van der Waals surface area contributed by atoms with Gasteiger partial charge in [0.2, 0.25) is 5.60 Å². The fourth-order valence-electron chi connectivity index (χ4n) is 4.64. The number of oxime groups is 1. The number of likely N-dealkylation sites (N-methyl/N-ethyl adjacent to an activating group) is 1. The van der Waals surface area contributed by atoms with Crippen LogP contribution in [0.15, 0.2) is 39.6 Å². The summed E-state index contributed by atoms with van der Waals surface area (Å²) in [7, 11) is 1.91. The number of thiazole rings is 1. The van der Waals surface area contributed by atoms with E-state index in [9.17, 15) is 29.4 Å². The Hall–Kier alpha value is -4.29. The largest absolute Gasteiger partial charge is 0.478 e. The molecule has 1 saturated heterocycles. The van der Waals surface area contributed by atoms with Gasteiger partial charge < -0.3 is 31.0 Å². The predicted molar refractivity (Wildman–Crippen MR) is 164 cm³/mol. The summed E-state index contributed by atoms with van der Waals surface area (Å²) in [6.45, 7) is 5.24. The van der Waals surface area contributed by atoms with Gasteiger partial charge in [-0.1, -0.05) is 5.16 Å². The lowest BCUT2D eigenvalue weighted by atomic mass is 10.0. The van der Waals surface area contributed by atoms with Crippen molar-refractivity contribution in [2.45, 2.75) is 37.8 Å². The van der Waals surface area contributed by atoms with Gasteiger partial charge >= 0.3 is 11.9 Å². The molecule has 5 heterocycles. The third kappa shape index (κ3) is 5.67. The average Bonchev–Trinajstić information content (AvgIpc) is 3.64. The molecule has 0 radical (unpaired) electrons. The van der Waals surface area contributed by atoms with E-state index >= 15 is 0 Å². The SMILES string of the molecule is CCN(CC1=C(C(=O)O)N2C(=O)[C@@H](NC(=O)/C(=N/OC(C)(C)C(=O)O)c3csc(N)n3)[C@H]2SC1)c1nc[n+](C)c2sccc12. The summed E-state index contributed by atoms with van der Waals surface area (Å²) in [4.78, 5) is 68.6. The van der Waals surface area contributed by atoms with E-state index in [1.807, 2.05) is 34.9 Å². The number of amides is 2. The van der Waals surface area contributed by atoms with Crippen molar-refractivity contribution in [3.8, 4) is 0 Å². The van der Waals surface area contributed by atoms with Crippen molar-refractivity contribution in [3.63, 3.8) is 0 Å². The summed E-state index contributed by atoms with van der Waals surface area (Å²) < 4.78 is 1.92. The van der Waals surface area contributed by atoms with Crippen molar-refractivity contribution in [1.82, 2.24) is 20.2 Å². The van der Waals surface area contributed by atoms with E-state index in [1.54, 1.807) is 17.7 Å². The molecule has 0 aromatic carbocycles. The van der Waals surface area contributed by atoms with Gasteiger partial charge in [-0.15, -0.1) is 34.4 Å². The Morgan fingerprint density at radius 3 is 2.70 bits per heavy atom. The number of carbonyl (C=O) groups excluding carboxylic acids is 2. The zero-order valence-electron chi connectivity index (χ0n) is 24.0. The van der Waals surface area contributed by atoms with E-state index < -0.39 is 40.8 Å². The third-order valence-electron chi connectivity index (χ3n) is 7.02. The molecule has 5 N–H and O–H groups in total. The van der Waals surface area contributed by atoms with Crippen molar-refractivity contribution in [2.75, 3.05) is 29.5 Å².